The first-order valence-electron chi connectivity index (χ1n) is 5.49. The number of aromatic nitrogens is 2. The summed E-state index contributed by atoms with van der Waals surface area (Å²) in [6.07, 6.45) is 3.56. The smallest absolute Gasteiger partial charge is 0.147 e. The molecule has 0 aliphatic rings. The van der Waals surface area contributed by atoms with E-state index < -0.39 is 0 Å². The molecule has 0 unspecified atom stereocenters. The van der Waals surface area contributed by atoms with Crippen LogP contribution in [-0.4, -0.2) is 43.8 Å². The van der Waals surface area contributed by atoms with Gasteiger partial charge in [0.1, 0.15) is 5.82 Å². The first-order chi connectivity index (χ1) is 7.77. The molecule has 0 atom stereocenters. The third-order valence-corrected chi connectivity index (χ3v) is 2.25. The highest BCUT2D eigenvalue weighted by molar-refractivity contribution is 5.34. The zero-order valence-electron chi connectivity index (χ0n) is 10.2. The fourth-order valence-electron chi connectivity index (χ4n) is 1.26. The molecule has 1 heterocycles. The minimum Gasteiger partial charge on any atom is -0.383 e. The lowest BCUT2D eigenvalue weighted by atomic mass is 10.4. The van der Waals surface area contributed by atoms with Crippen LogP contribution in [0.4, 0.5) is 5.82 Å². The van der Waals surface area contributed by atoms with E-state index >= 15 is 0 Å². The number of ether oxygens (including phenoxy) is 1. The van der Waals surface area contributed by atoms with Gasteiger partial charge in [0.2, 0.25) is 0 Å². The molecule has 1 N–H and O–H groups in total. The number of hydrogen-bond acceptors (Lipinski definition) is 5. The zero-order valence-corrected chi connectivity index (χ0v) is 10.2. The molecule has 0 aromatic carbocycles. The van der Waals surface area contributed by atoms with Crippen LogP contribution in [0.2, 0.25) is 0 Å². The van der Waals surface area contributed by atoms with E-state index in [9.17, 15) is 0 Å². The minimum atomic E-state index is 0.690. The maximum Gasteiger partial charge on any atom is 0.147 e. The molecule has 0 saturated carbocycles. The van der Waals surface area contributed by atoms with E-state index in [0.717, 1.165) is 31.1 Å². The lowest BCUT2D eigenvalue weighted by Crippen LogP contribution is -2.24. The first kappa shape index (κ1) is 12.9. The highest BCUT2D eigenvalue weighted by Crippen LogP contribution is 2.06. The number of rotatable bonds is 7. The Hall–Kier alpha value is -1.20. The van der Waals surface area contributed by atoms with E-state index in [1.807, 2.05) is 11.9 Å². The van der Waals surface area contributed by atoms with Gasteiger partial charge in [0, 0.05) is 33.4 Å². The van der Waals surface area contributed by atoms with Crippen LogP contribution < -0.4 is 10.2 Å². The van der Waals surface area contributed by atoms with Gasteiger partial charge >= 0.3 is 0 Å². The Labute approximate surface area is 96.8 Å². The lowest BCUT2D eigenvalue weighted by Gasteiger charge is -2.17. The maximum absolute atomic E-state index is 5.03. The molecule has 0 bridgehead atoms. The molecule has 1 rings (SSSR count). The summed E-state index contributed by atoms with van der Waals surface area (Å²) >= 11 is 0. The second-order valence-corrected chi connectivity index (χ2v) is 3.56. The molecule has 0 aliphatic carbocycles. The Kier molecular flexibility index (Phi) is 5.74. The summed E-state index contributed by atoms with van der Waals surface area (Å²) in [6, 6.07) is 0. The Bertz CT molecular complexity index is 306. The van der Waals surface area contributed by atoms with Crippen LogP contribution >= 0.6 is 0 Å². The van der Waals surface area contributed by atoms with Crippen LogP contribution in [0.1, 0.15) is 12.6 Å². The molecule has 0 aliphatic heterocycles. The molecule has 0 spiro atoms. The molecule has 0 radical (unpaired) electrons. The molecule has 1 aromatic heterocycles. The fourth-order valence-corrected chi connectivity index (χ4v) is 1.26. The van der Waals surface area contributed by atoms with Crippen molar-refractivity contribution in [2.45, 2.75) is 13.5 Å². The largest absolute Gasteiger partial charge is 0.383 e. The number of nitrogens with zero attached hydrogens (tertiary/aromatic N) is 3. The molecule has 0 saturated heterocycles. The van der Waals surface area contributed by atoms with Gasteiger partial charge < -0.3 is 15.0 Å². The molecule has 5 nitrogen and oxygen atoms in total. The van der Waals surface area contributed by atoms with Crippen LogP contribution in [0.3, 0.4) is 0 Å². The Morgan fingerprint density at radius 2 is 2.25 bits per heavy atom. The van der Waals surface area contributed by atoms with Crippen LogP contribution in [-0.2, 0) is 11.3 Å². The summed E-state index contributed by atoms with van der Waals surface area (Å²) < 4.78 is 5.03. The third kappa shape index (κ3) is 4.12. The summed E-state index contributed by atoms with van der Waals surface area (Å²) in [5.74, 6) is 0.882. The highest BCUT2D eigenvalue weighted by Gasteiger charge is 2.03. The molecule has 1 aromatic rings. The van der Waals surface area contributed by atoms with Gasteiger partial charge in [-0.3, -0.25) is 4.98 Å². The topological polar surface area (TPSA) is 50.3 Å². The van der Waals surface area contributed by atoms with Crippen molar-refractivity contribution in [1.29, 1.82) is 0 Å². The fraction of sp³-hybridized carbons (Fsp3) is 0.636. The molecule has 0 fully saturated rings. The van der Waals surface area contributed by atoms with Crippen LogP contribution in [0, 0.1) is 0 Å². The molecule has 16 heavy (non-hydrogen) atoms. The summed E-state index contributed by atoms with van der Waals surface area (Å²) in [5, 5.41) is 3.23. The minimum absolute atomic E-state index is 0.690. The predicted octanol–water partition coefficient (Wildman–Crippen LogP) is 0.669. The van der Waals surface area contributed by atoms with Gasteiger partial charge in [-0.1, -0.05) is 6.92 Å². The van der Waals surface area contributed by atoms with Gasteiger partial charge in [0.25, 0.3) is 0 Å². The second-order valence-electron chi connectivity index (χ2n) is 3.56. The molecule has 5 heteroatoms. The average molecular weight is 224 g/mol. The summed E-state index contributed by atoms with van der Waals surface area (Å²) in [4.78, 5) is 10.7. The van der Waals surface area contributed by atoms with Crippen LogP contribution in [0.5, 0.6) is 0 Å². The standard InChI is InChI=1S/C11H20N4O/c1-4-12-7-10-8-13-9-11(14-10)15(2)5-6-16-3/h8-9,12H,4-7H2,1-3H3. The molecule has 0 amide bonds. The van der Waals surface area contributed by atoms with Crippen molar-refractivity contribution in [2.75, 3.05) is 38.8 Å². The van der Waals surface area contributed by atoms with Gasteiger partial charge in [-0.05, 0) is 6.54 Å². The van der Waals surface area contributed by atoms with E-state index in [1.54, 1.807) is 19.5 Å². The third-order valence-electron chi connectivity index (χ3n) is 2.25. The van der Waals surface area contributed by atoms with Crippen molar-refractivity contribution >= 4 is 5.82 Å². The van der Waals surface area contributed by atoms with E-state index in [0.29, 0.717) is 6.61 Å². The predicted molar refractivity (Wildman–Crippen MR) is 64.6 cm³/mol. The molecular formula is C11H20N4O. The summed E-state index contributed by atoms with van der Waals surface area (Å²) in [7, 11) is 3.68. The van der Waals surface area contributed by atoms with Crippen molar-refractivity contribution in [3.8, 4) is 0 Å². The van der Waals surface area contributed by atoms with Gasteiger partial charge in [-0.25, -0.2) is 4.98 Å². The highest BCUT2D eigenvalue weighted by atomic mass is 16.5. The average Bonchev–Trinajstić information content (AvgIpc) is 2.33. The van der Waals surface area contributed by atoms with Crippen molar-refractivity contribution in [3.05, 3.63) is 18.1 Å². The molecule has 90 valence electrons. The Balaban J connectivity index is 2.58. The van der Waals surface area contributed by atoms with Crippen LogP contribution in [0.25, 0.3) is 0 Å². The quantitative estimate of drug-likeness (QED) is 0.737. The van der Waals surface area contributed by atoms with Gasteiger partial charge in [-0.15, -0.1) is 0 Å². The van der Waals surface area contributed by atoms with E-state index in [2.05, 4.69) is 22.2 Å². The number of anilines is 1. The van der Waals surface area contributed by atoms with Gasteiger partial charge in [0.05, 0.1) is 18.5 Å². The Morgan fingerprint density at radius 3 is 2.94 bits per heavy atom. The van der Waals surface area contributed by atoms with Crippen molar-refractivity contribution in [2.24, 2.45) is 0 Å². The number of nitrogens with one attached hydrogen (secondary N) is 1. The monoisotopic (exact) mass is 224 g/mol. The van der Waals surface area contributed by atoms with Gasteiger partial charge in [-0.2, -0.15) is 0 Å². The van der Waals surface area contributed by atoms with Crippen molar-refractivity contribution in [1.82, 2.24) is 15.3 Å². The lowest BCUT2D eigenvalue weighted by molar-refractivity contribution is 0.206. The number of methoxy groups -OCH3 is 1. The SMILES string of the molecule is CCNCc1cncc(N(C)CCOC)n1. The number of hydrogen-bond donors (Lipinski definition) is 1. The summed E-state index contributed by atoms with van der Waals surface area (Å²) in [5.41, 5.74) is 0.962. The van der Waals surface area contributed by atoms with E-state index in [1.165, 1.54) is 0 Å². The number of likely N-dealkylation sites (N-methyl/N-ethyl adjacent to an activating group) is 1. The van der Waals surface area contributed by atoms with Gasteiger partial charge in [0.15, 0.2) is 0 Å². The maximum atomic E-state index is 5.03. The second kappa shape index (κ2) is 7.14. The van der Waals surface area contributed by atoms with E-state index in [-0.39, 0.29) is 0 Å². The van der Waals surface area contributed by atoms with Crippen molar-refractivity contribution in [3.63, 3.8) is 0 Å². The zero-order chi connectivity index (χ0) is 11.8. The van der Waals surface area contributed by atoms with Crippen molar-refractivity contribution < 1.29 is 4.74 Å². The summed E-state index contributed by atoms with van der Waals surface area (Å²) in [6.45, 7) is 5.27. The normalized spacial score (nSPS) is 10.4. The Morgan fingerprint density at radius 1 is 1.44 bits per heavy atom. The first-order valence-corrected chi connectivity index (χ1v) is 5.49. The van der Waals surface area contributed by atoms with Crippen LogP contribution in [0.15, 0.2) is 12.4 Å². The molecular weight excluding hydrogens is 204 g/mol. The van der Waals surface area contributed by atoms with E-state index in [4.69, 9.17) is 4.74 Å².